The molecule has 0 aliphatic carbocycles. The van der Waals surface area contributed by atoms with Gasteiger partial charge >= 0.3 is 6.18 Å². The number of carbonyl (C=O) groups excluding carboxylic acids is 2. The van der Waals surface area contributed by atoms with E-state index < -0.39 is 11.7 Å². The Kier molecular flexibility index (Phi) is 8.27. The van der Waals surface area contributed by atoms with Crippen LogP contribution in [0.2, 0.25) is 0 Å². The topological polar surface area (TPSA) is 49.9 Å². The zero-order valence-corrected chi connectivity index (χ0v) is 17.8. The second-order valence-corrected chi connectivity index (χ2v) is 7.70. The van der Waals surface area contributed by atoms with Crippen LogP contribution in [0.25, 0.3) is 0 Å². The van der Waals surface area contributed by atoms with Gasteiger partial charge in [-0.2, -0.15) is 13.2 Å². The van der Waals surface area contributed by atoms with Gasteiger partial charge in [0.2, 0.25) is 5.91 Å². The molecule has 3 rings (SSSR count). The monoisotopic (exact) mass is 448 g/mol. The quantitative estimate of drug-likeness (QED) is 0.573. The van der Waals surface area contributed by atoms with Gasteiger partial charge < -0.3 is 14.5 Å². The van der Waals surface area contributed by atoms with Crippen LogP contribution >= 0.6 is 0 Å². The summed E-state index contributed by atoms with van der Waals surface area (Å²) in [5.74, 6) is -0.295. The van der Waals surface area contributed by atoms with E-state index in [1.165, 1.54) is 17.7 Å². The zero-order chi connectivity index (χ0) is 23.0. The number of hydrogen-bond acceptors (Lipinski definition) is 3. The molecule has 0 saturated carbocycles. The summed E-state index contributed by atoms with van der Waals surface area (Å²) < 4.78 is 43.6. The van der Waals surface area contributed by atoms with Crippen molar-refractivity contribution in [3.05, 3.63) is 71.3 Å². The van der Waals surface area contributed by atoms with Crippen molar-refractivity contribution in [1.29, 1.82) is 0 Å². The van der Waals surface area contributed by atoms with Crippen molar-refractivity contribution in [2.45, 2.75) is 25.4 Å². The Labute approximate surface area is 185 Å². The Morgan fingerprint density at radius 2 is 1.47 bits per heavy atom. The molecule has 1 aliphatic rings. The van der Waals surface area contributed by atoms with Gasteiger partial charge in [0.25, 0.3) is 5.91 Å². The predicted octanol–water partition coefficient (Wildman–Crippen LogP) is 4.03. The van der Waals surface area contributed by atoms with Crippen LogP contribution < -0.4 is 0 Å². The number of alkyl halides is 3. The van der Waals surface area contributed by atoms with Crippen LogP contribution in [-0.2, 0) is 22.1 Å². The van der Waals surface area contributed by atoms with Crippen molar-refractivity contribution in [1.82, 2.24) is 9.80 Å². The fraction of sp³-hybridized carbons (Fsp3) is 0.417. The van der Waals surface area contributed by atoms with E-state index in [9.17, 15) is 22.8 Å². The minimum Gasteiger partial charge on any atom is -0.381 e. The molecule has 0 unspecified atom stereocenters. The Balaban J connectivity index is 1.34. The first-order valence-electron chi connectivity index (χ1n) is 10.7. The second kappa shape index (κ2) is 11.1. The molecule has 1 saturated heterocycles. The number of amides is 2. The summed E-state index contributed by atoms with van der Waals surface area (Å²) in [5.41, 5.74) is 0.645. The van der Waals surface area contributed by atoms with Crippen molar-refractivity contribution in [3.8, 4) is 0 Å². The average Bonchev–Trinajstić information content (AvgIpc) is 2.81. The summed E-state index contributed by atoms with van der Waals surface area (Å²) in [4.78, 5) is 28.2. The van der Waals surface area contributed by atoms with E-state index in [0.717, 1.165) is 18.6 Å². The summed E-state index contributed by atoms with van der Waals surface area (Å²) in [6.07, 6.45) is -2.57. The molecule has 2 aromatic carbocycles. The lowest BCUT2D eigenvalue weighted by molar-refractivity contribution is -0.137. The highest BCUT2D eigenvalue weighted by Gasteiger charge is 2.31. The maximum absolute atomic E-state index is 12.7. The molecule has 0 radical (unpaired) electrons. The molecule has 5 nitrogen and oxygen atoms in total. The maximum atomic E-state index is 12.7. The summed E-state index contributed by atoms with van der Waals surface area (Å²) >= 11 is 0. The molecule has 0 N–H and O–H groups in total. The first kappa shape index (κ1) is 23.8. The van der Waals surface area contributed by atoms with Gasteiger partial charge in [0.1, 0.15) is 0 Å². The summed E-state index contributed by atoms with van der Waals surface area (Å²) in [6.45, 7) is 2.69. The van der Waals surface area contributed by atoms with Crippen LogP contribution in [0.4, 0.5) is 13.2 Å². The number of rotatable bonds is 8. The summed E-state index contributed by atoms with van der Waals surface area (Å²) in [5, 5.41) is 0. The van der Waals surface area contributed by atoms with E-state index >= 15 is 0 Å². The van der Waals surface area contributed by atoms with Gasteiger partial charge in [-0.3, -0.25) is 9.59 Å². The number of piperazine rings is 1. The van der Waals surface area contributed by atoms with Crippen LogP contribution in [0.15, 0.2) is 54.6 Å². The molecule has 0 aromatic heterocycles. The van der Waals surface area contributed by atoms with E-state index in [2.05, 4.69) is 12.1 Å². The Morgan fingerprint density at radius 1 is 0.844 bits per heavy atom. The Morgan fingerprint density at radius 3 is 2.09 bits per heavy atom. The molecule has 8 heteroatoms. The van der Waals surface area contributed by atoms with E-state index in [1.54, 1.807) is 9.80 Å². The molecular weight excluding hydrogens is 421 g/mol. The van der Waals surface area contributed by atoms with Crippen LogP contribution in [-0.4, -0.2) is 61.0 Å². The minimum atomic E-state index is -4.43. The van der Waals surface area contributed by atoms with E-state index in [-0.39, 0.29) is 17.4 Å². The van der Waals surface area contributed by atoms with E-state index in [0.29, 0.717) is 52.2 Å². The SMILES string of the molecule is O=C(CCCOCCc1ccccc1)N1CCN(C(=O)c2ccc(C(F)(F)F)cc2)CC1. The normalized spacial score (nSPS) is 14.5. The number of carbonyl (C=O) groups is 2. The summed E-state index contributed by atoms with van der Waals surface area (Å²) in [7, 11) is 0. The zero-order valence-electron chi connectivity index (χ0n) is 17.8. The van der Waals surface area contributed by atoms with Gasteiger partial charge in [0.05, 0.1) is 12.2 Å². The highest BCUT2D eigenvalue weighted by atomic mass is 19.4. The molecule has 1 fully saturated rings. The van der Waals surface area contributed by atoms with Gasteiger partial charge in [0.15, 0.2) is 0 Å². The maximum Gasteiger partial charge on any atom is 0.416 e. The third-order valence-corrected chi connectivity index (χ3v) is 5.44. The molecule has 0 bridgehead atoms. The molecule has 2 amide bonds. The van der Waals surface area contributed by atoms with Gasteiger partial charge in [-0.15, -0.1) is 0 Å². The fourth-order valence-electron chi connectivity index (χ4n) is 3.56. The first-order valence-corrected chi connectivity index (χ1v) is 10.7. The third kappa shape index (κ3) is 6.82. The molecule has 2 aromatic rings. The Hall–Kier alpha value is -2.87. The van der Waals surface area contributed by atoms with Crippen LogP contribution in [0.3, 0.4) is 0 Å². The highest BCUT2D eigenvalue weighted by Crippen LogP contribution is 2.29. The van der Waals surface area contributed by atoms with Crippen LogP contribution in [0, 0.1) is 0 Å². The third-order valence-electron chi connectivity index (χ3n) is 5.44. The lowest BCUT2D eigenvalue weighted by Gasteiger charge is -2.35. The van der Waals surface area contributed by atoms with Crippen molar-refractivity contribution >= 4 is 11.8 Å². The molecule has 1 aliphatic heterocycles. The standard InChI is InChI=1S/C24H27F3N2O3/c25-24(26,27)21-10-8-20(9-11-21)23(31)29-15-13-28(14-16-29)22(30)7-4-17-32-18-12-19-5-2-1-3-6-19/h1-3,5-6,8-11H,4,7,12-18H2. The summed E-state index contributed by atoms with van der Waals surface area (Å²) in [6, 6.07) is 14.3. The average molecular weight is 448 g/mol. The van der Waals surface area contributed by atoms with Gasteiger partial charge in [-0.1, -0.05) is 30.3 Å². The van der Waals surface area contributed by atoms with E-state index in [1.807, 2.05) is 18.2 Å². The second-order valence-electron chi connectivity index (χ2n) is 7.70. The number of nitrogens with zero attached hydrogens (tertiary/aromatic N) is 2. The van der Waals surface area contributed by atoms with Crippen molar-refractivity contribution in [2.24, 2.45) is 0 Å². The molecule has 0 spiro atoms. The van der Waals surface area contributed by atoms with Gasteiger partial charge in [-0.05, 0) is 42.7 Å². The largest absolute Gasteiger partial charge is 0.416 e. The number of hydrogen-bond donors (Lipinski definition) is 0. The van der Waals surface area contributed by atoms with E-state index in [4.69, 9.17) is 4.74 Å². The van der Waals surface area contributed by atoms with Crippen LogP contribution in [0.1, 0.15) is 34.3 Å². The van der Waals surface area contributed by atoms with Gasteiger partial charge in [-0.25, -0.2) is 0 Å². The lowest BCUT2D eigenvalue weighted by atomic mass is 10.1. The molecule has 172 valence electrons. The Bertz CT molecular complexity index is 878. The first-order chi connectivity index (χ1) is 15.3. The predicted molar refractivity (Wildman–Crippen MR) is 114 cm³/mol. The van der Waals surface area contributed by atoms with Crippen molar-refractivity contribution < 1.29 is 27.5 Å². The minimum absolute atomic E-state index is 0.0262. The van der Waals surface area contributed by atoms with Crippen molar-refractivity contribution in [2.75, 3.05) is 39.4 Å². The van der Waals surface area contributed by atoms with Crippen LogP contribution in [0.5, 0.6) is 0 Å². The van der Waals surface area contributed by atoms with Crippen molar-refractivity contribution in [3.63, 3.8) is 0 Å². The molecule has 32 heavy (non-hydrogen) atoms. The lowest BCUT2D eigenvalue weighted by Crippen LogP contribution is -2.50. The molecule has 0 atom stereocenters. The smallest absolute Gasteiger partial charge is 0.381 e. The number of benzene rings is 2. The highest BCUT2D eigenvalue weighted by molar-refractivity contribution is 5.94. The fourth-order valence-corrected chi connectivity index (χ4v) is 3.56. The van der Waals surface area contributed by atoms with Gasteiger partial charge in [0, 0.05) is 44.8 Å². The molecule has 1 heterocycles. The number of halogens is 3. The molecular formula is C24H27F3N2O3. The number of ether oxygens (including phenoxy) is 1.